The number of carbonyl (C=O) groups is 2. The predicted octanol–water partition coefficient (Wildman–Crippen LogP) is 0.923. The van der Waals surface area contributed by atoms with Crippen molar-refractivity contribution in [2.45, 2.75) is 18.9 Å². The first-order valence-corrected chi connectivity index (χ1v) is 6.09. The van der Waals surface area contributed by atoms with Crippen molar-refractivity contribution in [3.8, 4) is 0 Å². The van der Waals surface area contributed by atoms with Gasteiger partial charge in [0.15, 0.2) is 0 Å². The molecule has 5 heteroatoms. The van der Waals surface area contributed by atoms with E-state index in [1.54, 1.807) is 0 Å². The van der Waals surface area contributed by atoms with Crippen molar-refractivity contribution in [3.05, 3.63) is 35.9 Å². The van der Waals surface area contributed by atoms with Crippen LogP contribution >= 0.6 is 0 Å². The van der Waals surface area contributed by atoms with E-state index in [4.69, 9.17) is 0 Å². The summed E-state index contributed by atoms with van der Waals surface area (Å²) in [6.07, 6.45) is 0.744. The average molecular weight is 265 g/mol. The number of hydrogen-bond donors (Lipinski definition) is 1. The first-order chi connectivity index (χ1) is 9.17. The maximum atomic E-state index is 11.5. The van der Waals surface area contributed by atoms with Gasteiger partial charge in [-0.15, -0.1) is 0 Å². The summed E-state index contributed by atoms with van der Waals surface area (Å²) in [5.41, 5.74) is 1.16. The lowest BCUT2D eigenvalue weighted by Gasteiger charge is -2.15. The Kier molecular flexibility index (Phi) is 6.60. The summed E-state index contributed by atoms with van der Waals surface area (Å²) < 4.78 is 9.20. The average Bonchev–Trinajstić information content (AvgIpc) is 2.46. The molecule has 0 saturated carbocycles. The number of ether oxygens (including phenoxy) is 2. The summed E-state index contributed by atoms with van der Waals surface area (Å²) in [7, 11) is 2.59. The first kappa shape index (κ1) is 15.2. The molecule has 0 aliphatic carbocycles. The summed E-state index contributed by atoms with van der Waals surface area (Å²) in [5.74, 6) is -0.902. The molecule has 104 valence electrons. The zero-order valence-corrected chi connectivity index (χ0v) is 11.2. The van der Waals surface area contributed by atoms with Gasteiger partial charge in [-0.1, -0.05) is 30.3 Å². The standard InChI is InChI=1S/C14H19NO4/c1-18-13(16)10-12(14(17)19-2)15-9-8-11-6-4-3-5-7-11/h3-7,12,15H,8-10H2,1-2H3. The van der Waals surface area contributed by atoms with Gasteiger partial charge in [0.25, 0.3) is 0 Å². The molecule has 0 amide bonds. The second kappa shape index (κ2) is 8.26. The molecular formula is C14H19NO4. The van der Waals surface area contributed by atoms with Crippen LogP contribution < -0.4 is 5.32 Å². The second-order valence-corrected chi connectivity index (χ2v) is 4.05. The third-order valence-corrected chi connectivity index (χ3v) is 2.73. The van der Waals surface area contributed by atoms with Crippen LogP contribution in [0.2, 0.25) is 0 Å². The van der Waals surface area contributed by atoms with Crippen molar-refractivity contribution in [2.75, 3.05) is 20.8 Å². The van der Waals surface area contributed by atoms with E-state index in [0.717, 1.165) is 12.0 Å². The van der Waals surface area contributed by atoms with Crippen LogP contribution in [-0.2, 0) is 25.5 Å². The molecule has 1 unspecified atom stereocenters. The molecule has 0 fully saturated rings. The number of nitrogens with one attached hydrogen (secondary N) is 1. The largest absolute Gasteiger partial charge is 0.469 e. The van der Waals surface area contributed by atoms with Gasteiger partial charge in [-0.2, -0.15) is 0 Å². The van der Waals surface area contributed by atoms with Gasteiger partial charge in [-0.3, -0.25) is 9.59 Å². The van der Waals surface area contributed by atoms with E-state index in [2.05, 4.69) is 14.8 Å². The van der Waals surface area contributed by atoms with Crippen molar-refractivity contribution in [1.82, 2.24) is 5.32 Å². The van der Waals surface area contributed by atoms with Crippen LogP contribution in [0.5, 0.6) is 0 Å². The smallest absolute Gasteiger partial charge is 0.323 e. The summed E-state index contributed by atoms with van der Waals surface area (Å²) in [4.78, 5) is 22.7. The summed E-state index contributed by atoms with van der Waals surface area (Å²) in [6, 6.07) is 9.22. The lowest BCUT2D eigenvalue weighted by molar-refractivity contribution is -0.149. The molecule has 0 aromatic heterocycles. The van der Waals surface area contributed by atoms with Crippen LogP contribution in [0, 0.1) is 0 Å². The predicted molar refractivity (Wildman–Crippen MR) is 70.6 cm³/mol. The molecule has 0 radical (unpaired) electrons. The zero-order valence-electron chi connectivity index (χ0n) is 11.2. The Labute approximate surface area is 112 Å². The second-order valence-electron chi connectivity index (χ2n) is 4.05. The lowest BCUT2D eigenvalue weighted by atomic mass is 10.1. The molecule has 1 aromatic rings. The third kappa shape index (κ3) is 5.52. The Bertz CT molecular complexity index is 405. The molecule has 0 aliphatic heterocycles. The van der Waals surface area contributed by atoms with E-state index in [1.165, 1.54) is 14.2 Å². The Morgan fingerprint density at radius 1 is 1.16 bits per heavy atom. The highest BCUT2D eigenvalue weighted by Gasteiger charge is 2.22. The maximum absolute atomic E-state index is 11.5. The quantitative estimate of drug-likeness (QED) is 0.743. The number of rotatable bonds is 7. The number of hydrogen-bond acceptors (Lipinski definition) is 5. The Hall–Kier alpha value is -1.88. The van der Waals surface area contributed by atoms with E-state index in [-0.39, 0.29) is 6.42 Å². The van der Waals surface area contributed by atoms with Gasteiger partial charge in [-0.25, -0.2) is 0 Å². The molecule has 1 atom stereocenters. The lowest BCUT2D eigenvalue weighted by Crippen LogP contribution is -2.40. The van der Waals surface area contributed by atoms with Gasteiger partial charge >= 0.3 is 11.9 Å². The molecule has 19 heavy (non-hydrogen) atoms. The number of carbonyl (C=O) groups excluding carboxylic acids is 2. The fourth-order valence-electron chi connectivity index (χ4n) is 1.67. The van der Waals surface area contributed by atoms with Crippen LogP contribution in [0.4, 0.5) is 0 Å². The van der Waals surface area contributed by atoms with Crippen LogP contribution in [0.15, 0.2) is 30.3 Å². The van der Waals surface area contributed by atoms with Crippen molar-refractivity contribution in [2.24, 2.45) is 0 Å². The fraction of sp³-hybridized carbons (Fsp3) is 0.429. The Morgan fingerprint density at radius 2 is 1.84 bits per heavy atom. The maximum Gasteiger partial charge on any atom is 0.323 e. The van der Waals surface area contributed by atoms with E-state index in [1.807, 2.05) is 30.3 Å². The van der Waals surface area contributed by atoms with E-state index in [9.17, 15) is 9.59 Å². The van der Waals surface area contributed by atoms with Crippen molar-refractivity contribution >= 4 is 11.9 Å². The molecule has 1 N–H and O–H groups in total. The molecule has 1 aromatic carbocycles. The SMILES string of the molecule is COC(=O)CC(NCCc1ccccc1)C(=O)OC. The zero-order chi connectivity index (χ0) is 14.1. The first-order valence-electron chi connectivity index (χ1n) is 6.09. The molecule has 0 bridgehead atoms. The highest BCUT2D eigenvalue weighted by Crippen LogP contribution is 2.01. The minimum Gasteiger partial charge on any atom is -0.469 e. The van der Waals surface area contributed by atoms with Crippen LogP contribution in [0.1, 0.15) is 12.0 Å². The summed E-state index contributed by atoms with van der Waals surface area (Å²) in [5, 5.41) is 3.01. The number of benzene rings is 1. The van der Waals surface area contributed by atoms with Gasteiger partial charge in [0.2, 0.25) is 0 Å². The van der Waals surface area contributed by atoms with Gasteiger partial charge in [-0.05, 0) is 18.5 Å². The monoisotopic (exact) mass is 265 g/mol. The van der Waals surface area contributed by atoms with E-state index >= 15 is 0 Å². The van der Waals surface area contributed by atoms with Crippen molar-refractivity contribution < 1.29 is 19.1 Å². The molecule has 0 heterocycles. The molecule has 5 nitrogen and oxygen atoms in total. The molecule has 0 aliphatic rings. The van der Waals surface area contributed by atoms with Crippen LogP contribution in [-0.4, -0.2) is 38.7 Å². The molecular weight excluding hydrogens is 246 g/mol. The topological polar surface area (TPSA) is 64.6 Å². The van der Waals surface area contributed by atoms with Crippen molar-refractivity contribution in [3.63, 3.8) is 0 Å². The van der Waals surface area contributed by atoms with Gasteiger partial charge in [0, 0.05) is 0 Å². The normalized spacial score (nSPS) is 11.7. The van der Waals surface area contributed by atoms with Crippen molar-refractivity contribution in [1.29, 1.82) is 0 Å². The Morgan fingerprint density at radius 3 is 2.42 bits per heavy atom. The summed E-state index contributed by atoms with van der Waals surface area (Å²) >= 11 is 0. The number of esters is 2. The molecule has 0 spiro atoms. The van der Waals surface area contributed by atoms with Crippen LogP contribution in [0.3, 0.4) is 0 Å². The van der Waals surface area contributed by atoms with Gasteiger partial charge in [0.05, 0.1) is 20.6 Å². The number of methoxy groups -OCH3 is 2. The third-order valence-electron chi connectivity index (χ3n) is 2.73. The van der Waals surface area contributed by atoms with E-state index < -0.39 is 18.0 Å². The van der Waals surface area contributed by atoms with Gasteiger partial charge < -0.3 is 14.8 Å². The Balaban J connectivity index is 2.44. The van der Waals surface area contributed by atoms with E-state index in [0.29, 0.717) is 6.54 Å². The minimum atomic E-state index is -0.666. The highest BCUT2D eigenvalue weighted by molar-refractivity contribution is 5.82. The minimum absolute atomic E-state index is 0.0298. The summed E-state index contributed by atoms with van der Waals surface area (Å²) in [6.45, 7) is 0.584. The van der Waals surface area contributed by atoms with Crippen LogP contribution in [0.25, 0.3) is 0 Å². The molecule has 1 rings (SSSR count). The molecule has 0 saturated heterocycles. The highest BCUT2D eigenvalue weighted by atomic mass is 16.5. The van der Waals surface area contributed by atoms with Gasteiger partial charge in [0.1, 0.15) is 6.04 Å². The fourth-order valence-corrected chi connectivity index (χ4v) is 1.67.